The van der Waals surface area contributed by atoms with E-state index in [1.807, 2.05) is 12.1 Å². The molecule has 6 nitrogen and oxygen atoms in total. The van der Waals surface area contributed by atoms with Crippen LogP contribution in [-0.2, 0) is 22.9 Å². The van der Waals surface area contributed by atoms with Crippen molar-refractivity contribution in [1.82, 2.24) is 14.6 Å². The molecule has 0 saturated heterocycles. The van der Waals surface area contributed by atoms with Crippen molar-refractivity contribution in [2.75, 3.05) is 18.8 Å². The summed E-state index contributed by atoms with van der Waals surface area (Å²) >= 11 is 1.66. The third-order valence-electron chi connectivity index (χ3n) is 8.50. The van der Waals surface area contributed by atoms with Gasteiger partial charge in [-0.25, -0.2) is 18.1 Å². The maximum absolute atomic E-state index is 13.1. The second-order valence-electron chi connectivity index (χ2n) is 11.4. The predicted octanol–water partition coefficient (Wildman–Crippen LogP) is 6.20. The summed E-state index contributed by atoms with van der Waals surface area (Å²) in [7, 11) is -3.52. The van der Waals surface area contributed by atoms with E-state index in [2.05, 4.69) is 52.7 Å². The van der Waals surface area contributed by atoms with Gasteiger partial charge >= 0.3 is 0 Å². The fourth-order valence-corrected chi connectivity index (χ4v) is 8.49. The molecule has 0 spiro atoms. The molecule has 1 saturated carbocycles. The Kier molecular flexibility index (Phi) is 9.06. The van der Waals surface area contributed by atoms with Gasteiger partial charge < -0.3 is 10.6 Å². The molecule has 0 aliphatic heterocycles. The van der Waals surface area contributed by atoms with Crippen molar-refractivity contribution < 1.29 is 8.42 Å². The van der Waals surface area contributed by atoms with Crippen LogP contribution in [0.2, 0.25) is 0 Å². The third kappa shape index (κ3) is 7.09. The Morgan fingerprint density at radius 3 is 2.31 bits per heavy atom. The molecule has 2 aromatic carbocycles. The molecule has 1 fully saturated rings. The number of nitrogens with zero attached hydrogens (tertiary/aromatic N) is 2. The average Bonchev–Trinajstić information content (AvgIpc) is 3.31. The van der Waals surface area contributed by atoms with Gasteiger partial charge in [-0.2, -0.15) is 0 Å². The molecule has 2 aliphatic carbocycles. The summed E-state index contributed by atoms with van der Waals surface area (Å²) in [6.07, 6.45) is 9.61. The number of nitrogens with two attached hydrogens (primary N) is 1. The topological polar surface area (TPSA) is 88.3 Å². The maximum atomic E-state index is 13.1. The lowest BCUT2D eigenvalue weighted by Crippen LogP contribution is -2.41. The van der Waals surface area contributed by atoms with Gasteiger partial charge in [0, 0.05) is 17.0 Å². The molecule has 3 N–H and O–H groups in total. The van der Waals surface area contributed by atoms with Gasteiger partial charge in [-0.3, -0.25) is 0 Å². The minimum absolute atomic E-state index is 0.0170. The summed E-state index contributed by atoms with van der Waals surface area (Å²) in [6.45, 7) is 6.58. The molecule has 2 aliphatic rings. The maximum Gasteiger partial charge on any atom is 0.240 e. The second kappa shape index (κ2) is 12.5. The zero-order valence-corrected chi connectivity index (χ0v) is 24.9. The molecular formula is C31H42N4O2S2. The van der Waals surface area contributed by atoms with Crippen LogP contribution in [0.1, 0.15) is 68.0 Å². The first-order chi connectivity index (χ1) is 18.8. The highest BCUT2D eigenvalue weighted by Gasteiger charge is 2.29. The number of anilines is 1. The van der Waals surface area contributed by atoms with Crippen LogP contribution in [0.15, 0.2) is 53.4 Å². The number of fused-ring (bicyclic) bond motifs is 1. The van der Waals surface area contributed by atoms with Crippen molar-refractivity contribution in [3.05, 3.63) is 64.7 Å². The number of aryl methyl sites for hydroxylation is 2. The Balaban J connectivity index is 1.10. The Labute approximate surface area is 238 Å². The standard InChI is InChI=1S/C31H42N4O2S2/c1-3-19-35(27-14-17-29-30(21-27)38-31(32)33-29)20-18-23-6-12-26(13-7-23)34-39(36,37)28-15-10-25(11-16-28)24-8-4-22(2)5-9-24/h4-5,8-11,15-16,23,26-27,34H,3,6-7,12-14,17-21H2,1-2H3,(H2,32,33). The van der Waals surface area contributed by atoms with E-state index >= 15 is 0 Å². The summed E-state index contributed by atoms with van der Waals surface area (Å²) in [5.74, 6) is 0.664. The molecule has 39 heavy (non-hydrogen) atoms. The quantitative estimate of drug-likeness (QED) is 0.305. The van der Waals surface area contributed by atoms with E-state index in [1.54, 1.807) is 23.5 Å². The SMILES string of the molecule is CCCN(CCC1CCC(NS(=O)(=O)c2ccc(-c3ccc(C)cc3)cc2)CC1)C1CCc2nc(N)sc2C1. The van der Waals surface area contributed by atoms with Crippen molar-refractivity contribution in [1.29, 1.82) is 0 Å². The molecular weight excluding hydrogens is 525 g/mol. The highest BCUT2D eigenvalue weighted by atomic mass is 32.2. The van der Waals surface area contributed by atoms with Crippen LogP contribution >= 0.6 is 11.3 Å². The van der Waals surface area contributed by atoms with E-state index < -0.39 is 10.0 Å². The zero-order valence-electron chi connectivity index (χ0n) is 23.2. The van der Waals surface area contributed by atoms with Crippen LogP contribution in [0.5, 0.6) is 0 Å². The number of thiazole rings is 1. The summed E-state index contributed by atoms with van der Waals surface area (Å²) in [5, 5.41) is 0.703. The van der Waals surface area contributed by atoms with Gasteiger partial charge in [0.2, 0.25) is 10.0 Å². The molecule has 0 radical (unpaired) electrons. The lowest BCUT2D eigenvalue weighted by Gasteiger charge is -2.36. The number of hydrogen-bond donors (Lipinski definition) is 2. The highest BCUT2D eigenvalue weighted by molar-refractivity contribution is 7.89. The van der Waals surface area contributed by atoms with Gasteiger partial charge in [-0.15, -0.1) is 11.3 Å². The lowest BCUT2D eigenvalue weighted by molar-refractivity contribution is 0.158. The number of sulfonamides is 1. The molecule has 3 aromatic rings. The number of benzene rings is 2. The van der Waals surface area contributed by atoms with Crippen molar-refractivity contribution in [2.45, 2.75) is 88.6 Å². The Morgan fingerprint density at radius 1 is 0.974 bits per heavy atom. The molecule has 1 unspecified atom stereocenters. The summed E-state index contributed by atoms with van der Waals surface area (Å²) < 4.78 is 29.2. The second-order valence-corrected chi connectivity index (χ2v) is 14.2. The predicted molar refractivity (Wildman–Crippen MR) is 162 cm³/mol. The summed E-state index contributed by atoms with van der Waals surface area (Å²) in [5.41, 5.74) is 10.5. The van der Waals surface area contributed by atoms with E-state index in [0.717, 1.165) is 75.6 Å². The minimum atomic E-state index is -3.52. The molecule has 0 bridgehead atoms. The smallest absolute Gasteiger partial charge is 0.240 e. The van der Waals surface area contributed by atoms with Crippen LogP contribution < -0.4 is 10.5 Å². The monoisotopic (exact) mass is 566 g/mol. The van der Waals surface area contributed by atoms with Gasteiger partial charge in [-0.1, -0.05) is 48.9 Å². The van der Waals surface area contributed by atoms with Crippen LogP contribution in [0.4, 0.5) is 5.13 Å². The zero-order chi connectivity index (χ0) is 27.4. The van der Waals surface area contributed by atoms with Crippen LogP contribution in [0, 0.1) is 12.8 Å². The molecule has 8 heteroatoms. The molecule has 1 heterocycles. The van der Waals surface area contributed by atoms with Gasteiger partial charge in [0.15, 0.2) is 5.13 Å². The third-order valence-corrected chi connectivity index (χ3v) is 11.0. The number of nitrogen functional groups attached to an aromatic ring is 1. The molecule has 0 amide bonds. The van der Waals surface area contributed by atoms with E-state index in [-0.39, 0.29) is 6.04 Å². The first-order valence-corrected chi connectivity index (χ1v) is 16.8. The molecule has 5 rings (SSSR count). The molecule has 210 valence electrons. The van der Waals surface area contributed by atoms with E-state index in [1.165, 1.54) is 22.6 Å². The van der Waals surface area contributed by atoms with Crippen molar-refractivity contribution >= 4 is 26.5 Å². The number of hydrogen-bond acceptors (Lipinski definition) is 6. The van der Waals surface area contributed by atoms with E-state index in [9.17, 15) is 8.42 Å². The van der Waals surface area contributed by atoms with Gasteiger partial charge in [0.05, 0.1) is 10.6 Å². The molecule has 1 aromatic heterocycles. The Hall–Kier alpha value is -2.26. The first-order valence-electron chi connectivity index (χ1n) is 14.5. The fraction of sp³-hybridized carbons (Fsp3) is 0.516. The van der Waals surface area contributed by atoms with E-state index in [4.69, 9.17) is 5.73 Å². The van der Waals surface area contributed by atoms with Crippen LogP contribution in [-0.4, -0.2) is 43.5 Å². The lowest BCUT2D eigenvalue weighted by atomic mass is 9.84. The van der Waals surface area contributed by atoms with E-state index in [0.29, 0.717) is 22.0 Å². The van der Waals surface area contributed by atoms with Gasteiger partial charge in [0.1, 0.15) is 0 Å². The summed E-state index contributed by atoms with van der Waals surface area (Å²) in [4.78, 5) is 8.92. The average molecular weight is 567 g/mol. The van der Waals surface area contributed by atoms with Gasteiger partial charge in [-0.05, 0) is 107 Å². The normalized spacial score (nSPS) is 21.7. The number of aromatic nitrogens is 1. The van der Waals surface area contributed by atoms with Crippen molar-refractivity contribution in [2.24, 2.45) is 5.92 Å². The Bertz CT molecular complexity index is 1330. The van der Waals surface area contributed by atoms with Crippen LogP contribution in [0.25, 0.3) is 11.1 Å². The first kappa shape index (κ1) is 28.3. The summed E-state index contributed by atoms with van der Waals surface area (Å²) in [6, 6.07) is 16.1. The minimum Gasteiger partial charge on any atom is -0.375 e. The van der Waals surface area contributed by atoms with Crippen molar-refractivity contribution in [3.8, 4) is 11.1 Å². The number of nitrogens with one attached hydrogen (secondary N) is 1. The molecule has 1 atom stereocenters. The van der Waals surface area contributed by atoms with Gasteiger partial charge in [0.25, 0.3) is 0 Å². The Morgan fingerprint density at radius 2 is 1.64 bits per heavy atom. The van der Waals surface area contributed by atoms with Crippen LogP contribution in [0.3, 0.4) is 0 Å². The number of rotatable bonds is 10. The highest BCUT2D eigenvalue weighted by Crippen LogP contribution is 2.32. The van der Waals surface area contributed by atoms with Crippen molar-refractivity contribution in [3.63, 3.8) is 0 Å². The fourth-order valence-electron chi connectivity index (χ4n) is 6.23. The largest absolute Gasteiger partial charge is 0.375 e.